The van der Waals surface area contributed by atoms with Crippen LogP contribution in [0, 0.1) is 0 Å². The van der Waals surface area contributed by atoms with E-state index in [9.17, 15) is 0 Å². The summed E-state index contributed by atoms with van der Waals surface area (Å²) >= 11 is 1.66. The number of nitrogens with one attached hydrogen (secondary N) is 2. The number of pyridine rings is 1. The van der Waals surface area contributed by atoms with Gasteiger partial charge in [0.2, 0.25) is 0 Å². The zero-order valence-corrected chi connectivity index (χ0v) is 14.7. The molecular weight excluding hydrogens is 340 g/mol. The highest BCUT2D eigenvalue weighted by Gasteiger charge is 2.20. The molecule has 0 saturated heterocycles. The van der Waals surface area contributed by atoms with Crippen LogP contribution < -0.4 is 5.32 Å². The Morgan fingerprint density at radius 3 is 2.65 bits per heavy atom. The number of hydrogen-bond donors (Lipinski definition) is 2. The van der Waals surface area contributed by atoms with Crippen LogP contribution in [0.3, 0.4) is 0 Å². The van der Waals surface area contributed by atoms with Crippen molar-refractivity contribution in [1.82, 2.24) is 15.0 Å². The second-order valence-electron chi connectivity index (χ2n) is 6.11. The van der Waals surface area contributed by atoms with Gasteiger partial charge in [0.25, 0.3) is 0 Å². The Kier molecular flexibility index (Phi) is 3.65. The molecule has 1 unspecified atom stereocenters. The number of aromatic nitrogens is 3. The van der Waals surface area contributed by atoms with Crippen molar-refractivity contribution in [3.8, 4) is 0 Å². The zero-order chi connectivity index (χ0) is 17.3. The topological polar surface area (TPSA) is 53.6 Å². The van der Waals surface area contributed by atoms with E-state index in [2.05, 4.69) is 45.7 Å². The number of aromatic amines is 1. The van der Waals surface area contributed by atoms with Gasteiger partial charge < -0.3 is 10.3 Å². The molecule has 1 atom stereocenters. The molecule has 2 N–H and O–H groups in total. The summed E-state index contributed by atoms with van der Waals surface area (Å²) in [7, 11) is 0. The Balaban J connectivity index is 1.62. The smallest absolute Gasteiger partial charge is 0.184 e. The maximum Gasteiger partial charge on any atom is 0.184 e. The second-order valence-corrected chi connectivity index (χ2v) is 7.14. The van der Waals surface area contributed by atoms with Gasteiger partial charge in [-0.15, -0.1) is 0 Å². The minimum Gasteiger partial charge on any atom is -0.361 e. The van der Waals surface area contributed by atoms with Crippen molar-refractivity contribution in [3.63, 3.8) is 0 Å². The third-order valence-electron chi connectivity index (χ3n) is 4.48. The molecule has 4 nitrogen and oxygen atoms in total. The molecule has 0 aliphatic carbocycles. The molecule has 0 bridgehead atoms. The lowest BCUT2D eigenvalue weighted by molar-refractivity contribution is 0.892. The number of para-hydroxylation sites is 2. The van der Waals surface area contributed by atoms with Crippen molar-refractivity contribution in [2.24, 2.45) is 0 Å². The average Bonchev–Trinajstić information content (AvgIpc) is 3.30. The van der Waals surface area contributed by atoms with Gasteiger partial charge in [0.05, 0.1) is 22.0 Å². The minimum atomic E-state index is -0.0760. The van der Waals surface area contributed by atoms with Gasteiger partial charge in [-0.2, -0.15) is 0 Å². The van der Waals surface area contributed by atoms with Gasteiger partial charge in [0, 0.05) is 28.9 Å². The van der Waals surface area contributed by atoms with Gasteiger partial charge in [-0.25, -0.2) is 4.98 Å². The Labute approximate surface area is 154 Å². The van der Waals surface area contributed by atoms with Gasteiger partial charge >= 0.3 is 0 Å². The molecule has 5 rings (SSSR count). The fourth-order valence-corrected chi connectivity index (χ4v) is 4.14. The summed E-state index contributed by atoms with van der Waals surface area (Å²) in [6.07, 6.45) is 3.89. The zero-order valence-electron chi connectivity index (χ0n) is 13.9. The normalized spacial score (nSPS) is 12.5. The van der Waals surface area contributed by atoms with Crippen LogP contribution in [0.5, 0.6) is 0 Å². The monoisotopic (exact) mass is 356 g/mol. The van der Waals surface area contributed by atoms with Crippen LogP contribution in [-0.4, -0.2) is 15.0 Å². The lowest BCUT2D eigenvalue weighted by atomic mass is 10.0. The molecule has 0 fully saturated rings. The second kappa shape index (κ2) is 6.28. The number of nitrogens with zero attached hydrogens (tertiary/aromatic N) is 2. The molecule has 0 spiro atoms. The van der Waals surface area contributed by atoms with Crippen LogP contribution in [-0.2, 0) is 0 Å². The Hall–Kier alpha value is -3.18. The van der Waals surface area contributed by atoms with E-state index in [0.717, 1.165) is 21.9 Å². The number of H-pyrrole nitrogens is 1. The van der Waals surface area contributed by atoms with E-state index >= 15 is 0 Å². The molecule has 126 valence electrons. The first kappa shape index (κ1) is 15.1. The third kappa shape index (κ3) is 2.62. The van der Waals surface area contributed by atoms with E-state index < -0.39 is 0 Å². The van der Waals surface area contributed by atoms with Crippen LogP contribution in [0.2, 0.25) is 0 Å². The van der Waals surface area contributed by atoms with Crippen molar-refractivity contribution < 1.29 is 0 Å². The Morgan fingerprint density at radius 1 is 0.923 bits per heavy atom. The summed E-state index contributed by atoms with van der Waals surface area (Å²) in [6, 6.07) is 22.5. The van der Waals surface area contributed by atoms with E-state index in [1.165, 1.54) is 15.6 Å². The first-order chi connectivity index (χ1) is 12.9. The minimum absolute atomic E-state index is 0.0760. The van der Waals surface area contributed by atoms with Gasteiger partial charge in [0.1, 0.15) is 0 Å². The first-order valence-electron chi connectivity index (χ1n) is 8.47. The van der Waals surface area contributed by atoms with Crippen molar-refractivity contribution in [3.05, 3.63) is 90.4 Å². The van der Waals surface area contributed by atoms with E-state index in [0.29, 0.717) is 0 Å². The summed E-state index contributed by atoms with van der Waals surface area (Å²) in [4.78, 5) is 12.7. The predicted molar refractivity (Wildman–Crippen MR) is 108 cm³/mol. The fraction of sp³-hybridized carbons (Fsp3) is 0.0476. The lowest BCUT2D eigenvalue weighted by Crippen LogP contribution is -2.13. The third-order valence-corrected chi connectivity index (χ3v) is 5.45. The molecule has 0 aliphatic rings. The first-order valence-corrected chi connectivity index (χ1v) is 9.29. The molecule has 5 heteroatoms. The Bertz CT molecular complexity index is 1140. The molecule has 2 aromatic carbocycles. The molecule has 0 amide bonds. The summed E-state index contributed by atoms with van der Waals surface area (Å²) in [6.45, 7) is 0. The number of rotatable bonds is 4. The van der Waals surface area contributed by atoms with E-state index in [1.54, 1.807) is 11.3 Å². The SMILES string of the molecule is c1ccc(C(Nc2nc3ccccc3s2)c2c[nH]c3ccccc23)nc1. The van der Waals surface area contributed by atoms with Crippen molar-refractivity contribution in [2.75, 3.05) is 5.32 Å². The number of hydrogen-bond acceptors (Lipinski definition) is 4. The van der Waals surface area contributed by atoms with Crippen molar-refractivity contribution in [1.29, 1.82) is 0 Å². The van der Waals surface area contributed by atoms with Crippen LogP contribution in [0.4, 0.5) is 5.13 Å². The molecule has 0 aliphatic heterocycles. The average molecular weight is 356 g/mol. The molecule has 5 aromatic rings. The number of fused-ring (bicyclic) bond motifs is 2. The van der Waals surface area contributed by atoms with E-state index in [4.69, 9.17) is 4.98 Å². The van der Waals surface area contributed by atoms with Crippen LogP contribution in [0.1, 0.15) is 17.3 Å². The maximum absolute atomic E-state index is 4.74. The van der Waals surface area contributed by atoms with Crippen molar-refractivity contribution in [2.45, 2.75) is 6.04 Å². The van der Waals surface area contributed by atoms with Crippen LogP contribution in [0.25, 0.3) is 21.1 Å². The summed E-state index contributed by atoms with van der Waals surface area (Å²) in [5, 5.41) is 5.69. The standard InChI is InChI=1S/C21H16N4S/c1-2-8-16-14(7-1)15(13-23-16)20(18-10-5-6-12-22-18)25-21-24-17-9-3-4-11-19(17)26-21/h1-13,20,23H,(H,24,25). The quantitative estimate of drug-likeness (QED) is 0.455. The molecule has 3 aromatic heterocycles. The Morgan fingerprint density at radius 2 is 1.77 bits per heavy atom. The van der Waals surface area contributed by atoms with Crippen LogP contribution in [0.15, 0.2) is 79.1 Å². The molecular formula is C21H16N4S. The molecule has 26 heavy (non-hydrogen) atoms. The van der Waals surface area contributed by atoms with Crippen LogP contribution >= 0.6 is 11.3 Å². The summed E-state index contributed by atoms with van der Waals surface area (Å²) in [5.41, 5.74) is 4.27. The summed E-state index contributed by atoms with van der Waals surface area (Å²) in [5.74, 6) is 0. The number of thiazole rings is 1. The maximum atomic E-state index is 4.74. The van der Waals surface area contributed by atoms with Gasteiger partial charge in [0.15, 0.2) is 5.13 Å². The van der Waals surface area contributed by atoms with E-state index in [-0.39, 0.29) is 6.04 Å². The lowest BCUT2D eigenvalue weighted by Gasteiger charge is -2.17. The highest BCUT2D eigenvalue weighted by atomic mass is 32.1. The predicted octanol–water partition coefficient (Wildman–Crippen LogP) is 5.37. The van der Waals surface area contributed by atoms with Gasteiger partial charge in [-0.3, -0.25) is 4.98 Å². The van der Waals surface area contributed by atoms with E-state index in [1.807, 2.05) is 48.7 Å². The number of benzene rings is 2. The summed E-state index contributed by atoms with van der Waals surface area (Å²) < 4.78 is 1.17. The highest BCUT2D eigenvalue weighted by Crippen LogP contribution is 2.34. The number of anilines is 1. The molecule has 3 heterocycles. The molecule has 0 radical (unpaired) electrons. The van der Waals surface area contributed by atoms with Gasteiger partial charge in [-0.1, -0.05) is 47.7 Å². The molecule has 0 saturated carbocycles. The fourth-order valence-electron chi connectivity index (χ4n) is 3.25. The highest BCUT2D eigenvalue weighted by molar-refractivity contribution is 7.22. The largest absolute Gasteiger partial charge is 0.361 e. The van der Waals surface area contributed by atoms with Crippen molar-refractivity contribution >= 4 is 37.6 Å². The van der Waals surface area contributed by atoms with Gasteiger partial charge in [-0.05, 0) is 30.3 Å².